The number of nitrogens with two attached hydrogens (primary N) is 2. The number of aryl methyl sites for hydroxylation is 2. The Morgan fingerprint density at radius 1 is 0.812 bits per heavy atom. The molecule has 0 saturated carbocycles. The zero-order valence-corrected chi connectivity index (χ0v) is 9.36. The summed E-state index contributed by atoms with van der Waals surface area (Å²) in [6, 6.07) is 3.62. The molecule has 2 aromatic rings. The number of hydrogen-bond donors (Lipinski definition) is 2. The van der Waals surface area contributed by atoms with Crippen molar-refractivity contribution in [2.75, 3.05) is 11.5 Å². The molecule has 2 aromatic heterocycles. The lowest BCUT2D eigenvalue weighted by atomic mass is 10.1. The molecule has 0 radical (unpaired) electrons. The molecule has 0 saturated heterocycles. The third kappa shape index (κ3) is 1.82. The van der Waals surface area contributed by atoms with E-state index in [4.69, 9.17) is 11.5 Å². The fraction of sp³-hybridized carbons (Fsp3) is 0.167. The molecule has 0 spiro atoms. The van der Waals surface area contributed by atoms with Crippen molar-refractivity contribution in [1.29, 1.82) is 0 Å². The van der Waals surface area contributed by atoms with E-state index in [0.717, 1.165) is 22.5 Å². The van der Waals surface area contributed by atoms with Crippen LogP contribution in [0.25, 0.3) is 11.4 Å². The van der Waals surface area contributed by atoms with Crippen LogP contribution >= 0.6 is 0 Å². The number of nitrogens with zero attached hydrogens (tertiary/aromatic N) is 2. The van der Waals surface area contributed by atoms with Crippen molar-refractivity contribution >= 4 is 11.4 Å². The van der Waals surface area contributed by atoms with Gasteiger partial charge in [-0.2, -0.15) is 0 Å². The molecule has 0 fully saturated rings. The zero-order chi connectivity index (χ0) is 11.7. The summed E-state index contributed by atoms with van der Waals surface area (Å²) < 4.78 is 0. The summed E-state index contributed by atoms with van der Waals surface area (Å²) in [5.41, 5.74) is 16.5. The minimum atomic E-state index is 0.714. The van der Waals surface area contributed by atoms with Gasteiger partial charge in [-0.15, -0.1) is 0 Å². The van der Waals surface area contributed by atoms with Gasteiger partial charge in [0.25, 0.3) is 0 Å². The maximum Gasteiger partial charge on any atom is 0.0907 e. The van der Waals surface area contributed by atoms with Crippen molar-refractivity contribution in [3.05, 3.63) is 35.7 Å². The highest BCUT2D eigenvalue weighted by Gasteiger charge is 2.04. The quantitative estimate of drug-likeness (QED) is 0.760. The van der Waals surface area contributed by atoms with E-state index in [9.17, 15) is 0 Å². The first-order valence-electron chi connectivity index (χ1n) is 5.02. The molecule has 16 heavy (non-hydrogen) atoms. The Balaban J connectivity index is 2.50. The topological polar surface area (TPSA) is 77.8 Å². The van der Waals surface area contributed by atoms with Crippen molar-refractivity contribution < 1.29 is 0 Å². The second-order valence-corrected chi connectivity index (χ2v) is 3.85. The molecule has 82 valence electrons. The van der Waals surface area contributed by atoms with E-state index in [2.05, 4.69) is 9.97 Å². The van der Waals surface area contributed by atoms with Crippen LogP contribution in [0.4, 0.5) is 11.4 Å². The van der Waals surface area contributed by atoms with Crippen LogP contribution in [0.2, 0.25) is 0 Å². The number of rotatable bonds is 1. The standard InChI is InChI=1S/C12H14N4/c1-7-5-15-11(3-9(7)13)12-4-10(14)8(2)6-16-12/h3-6H,1-2H3,(H2,13,15)(H2,14,16). The Bertz CT molecular complexity index is 485. The third-order valence-corrected chi connectivity index (χ3v) is 2.55. The van der Waals surface area contributed by atoms with Gasteiger partial charge in [0, 0.05) is 23.8 Å². The van der Waals surface area contributed by atoms with E-state index in [1.165, 1.54) is 0 Å². The highest BCUT2D eigenvalue weighted by molar-refractivity contribution is 5.65. The summed E-state index contributed by atoms with van der Waals surface area (Å²) in [4.78, 5) is 8.56. The van der Waals surface area contributed by atoms with Gasteiger partial charge in [0.2, 0.25) is 0 Å². The number of hydrogen-bond acceptors (Lipinski definition) is 4. The Kier molecular flexibility index (Phi) is 2.48. The lowest BCUT2D eigenvalue weighted by Gasteiger charge is -2.05. The molecule has 0 atom stereocenters. The predicted octanol–water partition coefficient (Wildman–Crippen LogP) is 1.92. The summed E-state index contributed by atoms with van der Waals surface area (Å²) in [7, 11) is 0. The normalized spacial score (nSPS) is 10.4. The van der Waals surface area contributed by atoms with Gasteiger partial charge in [-0.05, 0) is 37.1 Å². The Labute approximate surface area is 94.3 Å². The molecule has 0 aliphatic carbocycles. The van der Waals surface area contributed by atoms with Gasteiger partial charge >= 0.3 is 0 Å². The summed E-state index contributed by atoms with van der Waals surface area (Å²) in [5.74, 6) is 0. The Hall–Kier alpha value is -2.10. The lowest BCUT2D eigenvalue weighted by Crippen LogP contribution is -1.96. The van der Waals surface area contributed by atoms with Crippen LogP contribution in [0.5, 0.6) is 0 Å². The average molecular weight is 214 g/mol. The van der Waals surface area contributed by atoms with Crippen molar-refractivity contribution in [1.82, 2.24) is 9.97 Å². The number of pyridine rings is 2. The maximum atomic E-state index is 5.83. The SMILES string of the molecule is Cc1cnc(-c2cc(N)c(C)cn2)cc1N. The van der Waals surface area contributed by atoms with Crippen LogP contribution in [-0.2, 0) is 0 Å². The van der Waals surface area contributed by atoms with Crippen LogP contribution < -0.4 is 11.5 Å². The molecule has 0 aromatic carbocycles. The predicted molar refractivity (Wildman–Crippen MR) is 65.8 cm³/mol. The van der Waals surface area contributed by atoms with Crippen LogP contribution in [-0.4, -0.2) is 9.97 Å². The smallest absolute Gasteiger partial charge is 0.0907 e. The van der Waals surface area contributed by atoms with E-state index in [-0.39, 0.29) is 0 Å². The molecular weight excluding hydrogens is 200 g/mol. The molecule has 2 rings (SSSR count). The van der Waals surface area contributed by atoms with Gasteiger partial charge in [-0.3, -0.25) is 9.97 Å². The molecular formula is C12H14N4. The third-order valence-electron chi connectivity index (χ3n) is 2.55. The Morgan fingerprint density at radius 2 is 1.19 bits per heavy atom. The Morgan fingerprint density at radius 3 is 1.50 bits per heavy atom. The monoisotopic (exact) mass is 214 g/mol. The zero-order valence-electron chi connectivity index (χ0n) is 9.36. The number of aromatic nitrogens is 2. The van der Waals surface area contributed by atoms with E-state index in [1.807, 2.05) is 26.0 Å². The van der Waals surface area contributed by atoms with Gasteiger partial charge in [0.15, 0.2) is 0 Å². The van der Waals surface area contributed by atoms with Gasteiger partial charge in [-0.1, -0.05) is 0 Å². The molecule has 0 aliphatic rings. The fourth-order valence-corrected chi connectivity index (χ4v) is 1.36. The first kappa shape index (κ1) is 10.4. The van der Waals surface area contributed by atoms with Gasteiger partial charge < -0.3 is 11.5 Å². The van der Waals surface area contributed by atoms with E-state index in [1.54, 1.807) is 12.4 Å². The largest absolute Gasteiger partial charge is 0.398 e. The van der Waals surface area contributed by atoms with E-state index in [0.29, 0.717) is 11.4 Å². The van der Waals surface area contributed by atoms with E-state index < -0.39 is 0 Å². The highest BCUT2D eigenvalue weighted by Crippen LogP contribution is 2.21. The molecule has 0 aliphatic heterocycles. The summed E-state index contributed by atoms with van der Waals surface area (Å²) in [5, 5.41) is 0. The first-order valence-corrected chi connectivity index (χ1v) is 5.02. The molecule has 0 amide bonds. The second kappa shape index (κ2) is 3.81. The number of nitrogen functional groups attached to an aromatic ring is 2. The molecule has 4 heteroatoms. The van der Waals surface area contributed by atoms with Gasteiger partial charge in [-0.25, -0.2) is 0 Å². The fourth-order valence-electron chi connectivity index (χ4n) is 1.36. The highest BCUT2D eigenvalue weighted by atomic mass is 14.8. The minimum Gasteiger partial charge on any atom is -0.398 e. The van der Waals surface area contributed by atoms with E-state index >= 15 is 0 Å². The van der Waals surface area contributed by atoms with Crippen LogP contribution in [0.15, 0.2) is 24.5 Å². The maximum absolute atomic E-state index is 5.83. The summed E-state index contributed by atoms with van der Waals surface area (Å²) >= 11 is 0. The summed E-state index contributed by atoms with van der Waals surface area (Å²) in [6.07, 6.45) is 3.48. The number of anilines is 2. The van der Waals surface area contributed by atoms with Crippen LogP contribution in [0.1, 0.15) is 11.1 Å². The average Bonchev–Trinajstić information content (AvgIpc) is 2.26. The first-order chi connectivity index (χ1) is 7.58. The van der Waals surface area contributed by atoms with Crippen molar-refractivity contribution in [2.24, 2.45) is 0 Å². The molecule has 2 heterocycles. The summed E-state index contributed by atoms with van der Waals surface area (Å²) in [6.45, 7) is 3.84. The van der Waals surface area contributed by atoms with Crippen LogP contribution in [0.3, 0.4) is 0 Å². The second-order valence-electron chi connectivity index (χ2n) is 3.85. The van der Waals surface area contributed by atoms with Gasteiger partial charge in [0.1, 0.15) is 0 Å². The molecule has 0 unspecified atom stereocenters. The molecule has 4 N–H and O–H groups in total. The van der Waals surface area contributed by atoms with Crippen molar-refractivity contribution in [2.45, 2.75) is 13.8 Å². The molecule has 4 nitrogen and oxygen atoms in total. The van der Waals surface area contributed by atoms with Gasteiger partial charge in [0.05, 0.1) is 11.4 Å². The van der Waals surface area contributed by atoms with Crippen LogP contribution in [0, 0.1) is 13.8 Å². The van der Waals surface area contributed by atoms with Crippen molar-refractivity contribution in [3.63, 3.8) is 0 Å². The van der Waals surface area contributed by atoms with Crippen molar-refractivity contribution in [3.8, 4) is 11.4 Å². The minimum absolute atomic E-state index is 0.714. The lowest BCUT2D eigenvalue weighted by molar-refractivity contribution is 1.21. The molecule has 0 bridgehead atoms.